The average Bonchev–Trinajstić information content (AvgIpc) is 3.14. The van der Waals surface area contributed by atoms with Gasteiger partial charge in [0.05, 0.1) is 17.8 Å². The second-order valence-electron chi connectivity index (χ2n) is 6.18. The van der Waals surface area contributed by atoms with E-state index < -0.39 is 5.97 Å². The minimum atomic E-state index is -0.918. The molecule has 3 aromatic carbocycles. The second-order valence-corrected chi connectivity index (χ2v) is 7.20. The van der Waals surface area contributed by atoms with Crippen molar-refractivity contribution < 1.29 is 9.90 Å². The smallest absolute Gasteiger partial charge is 0.336 e. The number of carboxylic acids is 1. The fourth-order valence-corrected chi connectivity index (χ4v) is 3.85. The number of nitrogens with zero attached hydrogens (tertiary/aromatic N) is 3. The summed E-state index contributed by atoms with van der Waals surface area (Å²) in [6.07, 6.45) is 1.91. The highest BCUT2D eigenvalue weighted by molar-refractivity contribution is 7.98. The van der Waals surface area contributed by atoms with Gasteiger partial charge in [-0.05, 0) is 34.5 Å². The first-order chi connectivity index (χ1) is 13.2. The van der Waals surface area contributed by atoms with Crippen molar-refractivity contribution in [2.75, 3.05) is 0 Å². The Morgan fingerprint density at radius 2 is 1.78 bits per heavy atom. The summed E-state index contributed by atoms with van der Waals surface area (Å²) in [5.41, 5.74) is 2.29. The van der Waals surface area contributed by atoms with Gasteiger partial charge in [-0.3, -0.25) is 0 Å². The molecule has 0 unspecified atom stereocenters. The third-order valence-electron chi connectivity index (χ3n) is 4.24. The number of carbonyl (C=O) groups is 1. The zero-order valence-electron chi connectivity index (χ0n) is 14.4. The molecule has 27 heavy (non-hydrogen) atoms. The topological polar surface area (TPSA) is 68.0 Å². The highest BCUT2D eigenvalue weighted by atomic mass is 32.2. The molecule has 0 fully saturated rings. The summed E-state index contributed by atoms with van der Waals surface area (Å²) < 4.78 is 1.81. The maximum atomic E-state index is 11.3. The van der Waals surface area contributed by atoms with Crippen molar-refractivity contribution in [1.82, 2.24) is 15.0 Å². The van der Waals surface area contributed by atoms with Crippen LogP contribution in [0.4, 0.5) is 0 Å². The highest BCUT2D eigenvalue weighted by Crippen LogP contribution is 2.25. The summed E-state index contributed by atoms with van der Waals surface area (Å²) in [6, 6.07) is 21.6. The normalized spacial score (nSPS) is 11.0. The summed E-state index contributed by atoms with van der Waals surface area (Å²) in [4.78, 5) is 12.0. The van der Waals surface area contributed by atoms with Crippen LogP contribution in [0.2, 0.25) is 0 Å². The van der Waals surface area contributed by atoms with E-state index in [1.165, 1.54) is 22.5 Å². The molecule has 1 N–H and O–H groups in total. The van der Waals surface area contributed by atoms with Gasteiger partial charge in [0.15, 0.2) is 0 Å². The maximum Gasteiger partial charge on any atom is 0.336 e. The third kappa shape index (κ3) is 4.01. The molecule has 4 rings (SSSR count). The van der Waals surface area contributed by atoms with Gasteiger partial charge in [0.2, 0.25) is 0 Å². The second kappa shape index (κ2) is 7.63. The van der Waals surface area contributed by atoms with Gasteiger partial charge in [-0.15, -0.1) is 16.9 Å². The molecule has 4 aromatic rings. The Hall–Kier alpha value is -3.12. The minimum Gasteiger partial charge on any atom is -0.478 e. The van der Waals surface area contributed by atoms with Crippen LogP contribution in [-0.4, -0.2) is 26.1 Å². The number of hydrogen-bond donors (Lipinski definition) is 1. The number of carboxylic acid groups (broad SMARTS) is 1. The van der Waals surface area contributed by atoms with E-state index in [0.29, 0.717) is 17.9 Å². The Morgan fingerprint density at radius 3 is 2.63 bits per heavy atom. The fourth-order valence-electron chi connectivity index (χ4n) is 2.93. The van der Waals surface area contributed by atoms with E-state index in [2.05, 4.69) is 40.6 Å². The molecular formula is C21H17N3O2S. The molecule has 0 aliphatic heterocycles. The SMILES string of the molecule is O=C(O)c1ccccc1SCc1cn(Cc2ccc3ccccc3c2)nn1. The summed E-state index contributed by atoms with van der Waals surface area (Å²) >= 11 is 1.45. The number of fused-ring (bicyclic) bond motifs is 1. The van der Waals surface area contributed by atoms with Crippen LogP contribution in [0.15, 0.2) is 77.8 Å². The van der Waals surface area contributed by atoms with Gasteiger partial charge in [-0.25, -0.2) is 9.48 Å². The van der Waals surface area contributed by atoms with E-state index in [9.17, 15) is 9.90 Å². The molecule has 1 aromatic heterocycles. The van der Waals surface area contributed by atoms with Crippen LogP contribution in [0, 0.1) is 0 Å². The lowest BCUT2D eigenvalue weighted by atomic mass is 10.1. The first-order valence-corrected chi connectivity index (χ1v) is 9.49. The lowest BCUT2D eigenvalue weighted by molar-refractivity contribution is 0.0693. The summed E-state index contributed by atoms with van der Waals surface area (Å²) in [5.74, 6) is -0.347. The quantitative estimate of drug-likeness (QED) is 0.504. The Balaban J connectivity index is 1.45. The number of hydrogen-bond acceptors (Lipinski definition) is 4. The Kier molecular flexibility index (Phi) is 4.89. The standard InChI is InChI=1S/C21H17N3O2S/c25-21(26)19-7-3-4-8-20(19)27-14-18-13-24(23-22-18)12-15-9-10-16-5-1-2-6-17(16)11-15/h1-11,13H,12,14H2,(H,25,26). The zero-order valence-corrected chi connectivity index (χ0v) is 15.3. The Labute approximate surface area is 160 Å². The van der Waals surface area contributed by atoms with Crippen LogP contribution in [0.5, 0.6) is 0 Å². The van der Waals surface area contributed by atoms with Crippen LogP contribution >= 0.6 is 11.8 Å². The van der Waals surface area contributed by atoms with Crippen LogP contribution in [0.3, 0.4) is 0 Å². The predicted octanol–water partition coefficient (Wildman–Crippen LogP) is 4.47. The van der Waals surface area contributed by atoms with Crippen molar-refractivity contribution in [2.24, 2.45) is 0 Å². The van der Waals surface area contributed by atoms with Crippen molar-refractivity contribution in [3.05, 3.63) is 89.7 Å². The number of benzene rings is 3. The molecule has 0 atom stereocenters. The van der Waals surface area contributed by atoms with Crippen LogP contribution < -0.4 is 0 Å². The predicted molar refractivity (Wildman–Crippen MR) is 106 cm³/mol. The number of aromatic nitrogens is 3. The Morgan fingerprint density at radius 1 is 1.00 bits per heavy atom. The molecule has 0 amide bonds. The number of thioether (sulfide) groups is 1. The fraction of sp³-hybridized carbons (Fsp3) is 0.0952. The molecule has 6 heteroatoms. The lowest BCUT2D eigenvalue weighted by Gasteiger charge is -2.04. The van der Waals surface area contributed by atoms with Gasteiger partial charge in [0.25, 0.3) is 0 Å². The van der Waals surface area contributed by atoms with Gasteiger partial charge in [0.1, 0.15) is 0 Å². The van der Waals surface area contributed by atoms with Crippen molar-refractivity contribution >= 4 is 28.5 Å². The van der Waals surface area contributed by atoms with Crippen molar-refractivity contribution in [3.63, 3.8) is 0 Å². The van der Waals surface area contributed by atoms with E-state index in [1.54, 1.807) is 12.1 Å². The van der Waals surface area contributed by atoms with Gasteiger partial charge in [-0.1, -0.05) is 53.7 Å². The van der Waals surface area contributed by atoms with E-state index in [1.807, 2.05) is 35.1 Å². The molecule has 0 radical (unpaired) electrons. The number of aromatic carboxylic acids is 1. The van der Waals surface area contributed by atoms with Crippen LogP contribution in [-0.2, 0) is 12.3 Å². The summed E-state index contributed by atoms with van der Waals surface area (Å²) in [7, 11) is 0. The summed E-state index contributed by atoms with van der Waals surface area (Å²) in [5, 5.41) is 20.1. The van der Waals surface area contributed by atoms with E-state index in [-0.39, 0.29) is 0 Å². The van der Waals surface area contributed by atoms with E-state index >= 15 is 0 Å². The average molecular weight is 375 g/mol. The largest absolute Gasteiger partial charge is 0.478 e. The molecule has 0 saturated heterocycles. The lowest BCUT2D eigenvalue weighted by Crippen LogP contribution is -2.00. The van der Waals surface area contributed by atoms with E-state index in [4.69, 9.17) is 0 Å². The minimum absolute atomic E-state index is 0.311. The van der Waals surface area contributed by atoms with Gasteiger partial charge < -0.3 is 5.11 Å². The Bertz CT molecular complexity index is 1110. The number of rotatable bonds is 6. The molecule has 0 bridgehead atoms. The molecule has 1 heterocycles. The van der Waals surface area contributed by atoms with Gasteiger partial charge >= 0.3 is 5.97 Å². The van der Waals surface area contributed by atoms with Crippen LogP contribution in [0.25, 0.3) is 10.8 Å². The third-order valence-corrected chi connectivity index (χ3v) is 5.34. The van der Waals surface area contributed by atoms with Crippen LogP contribution in [0.1, 0.15) is 21.6 Å². The molecule has 5 nitrogen and oxygen atoms in total. The first kappa shape index (κ1) is 17.3. The monoisotopic (exact) mass is 375 g/mol. The molecule has 0 saturated carbocycles. The summed E-state index contributed by atoms with van der Waals surface area (Å²) in [6.45, 7) is 0.647. The van der Waals surface area contributed by atoms with Crippen molar-refractivity contribution in [2.45, 2.75) is 17.2 Å². The van der Waals surface area contributed by atoms with E-state index in [0.717, 1.165) is 16.2 Å². The molecular weight excluding hydrogens is 358 g/mol. The molecule has 0 aliphatic rings. The maximum absolute atomic E-state index is 11.3. The van der Waals surface area contributed by atoms with Gasteiger partial charge in [0, 0.05) is 16.8 Å². The van der Waals surface area contributed by atoms with Crippen molar-refractivity contribution in [3.8, 4) is 0 Å². The zero-order chi connectivity index (χ0) is 18.6. The first-order valence-electron chi connectivity index (χ1n) is 8.51. The highest BCUT2D eigenvalue weighted by Gasteiger charge is 2.10. The molecule has 0 aliphatic carbocycles. The van der Waals surface area contributed by atoms with Gasteiger partial charge in [-0.2, -0.15) is 0 Å². The molecule has 0 spiro atoms. The van der Waals surface area contributed by atoms with Crippen molar-refractivity contribution in [1.29, 1.82) is 0 Å². The molecule has 134 valence electrons.